The molecule has 3 rings (SSSR count). The Bertz CT molecular complexity index is 756. The molecule has 1 aromatic heterocycles. The fraction of sp³-hybridized carbons (Fsp3) is 0.125. The highest BCUT2D eigenvalue weighted by Crippen LogP contribution is 2.29. The highest BCUT2D eigenvalue weighted by atomic mass is 35.5. The van der Waals surface area contributed by atoms with E-state index in [1.807, 2.05) is 48.5 Å². The van der Waals surface area contributed by atoms with Gasteiger partial charge in [0, 0.05) is 12.0 Å². The molecule has 0 saturated heterocycles. The summed E-state index contributed by atoms with van der Waals surface area (Å²) < 4.78 is 0. The van der Waals surface area contributed by atoms with Crippen molar-refractivity contribution < 1.29 is 0 Å². The second-order valence-electron chi connectivity index (χ2n) is 4.53. The van der Waals surface area contributed by atoms with Gasteiger partial charge in [-0.1, -0.05) is 41.9 Å². The van der Waals surface area contributed by atoms with E-state index in [0.29, 0.717) is 18.0 Å². The highest BCUT2D eigenvalue weighted by Gasteiger charge is 2.12. The van der Waals surface area contributed by atoms with Crippen LogP contribution in [-0.4, -0.2) is 16.5 Å². The van der Waals surface area contributed by atoms with Crippen LogP contribution in [0.1, 0.15) is 5.69 Å². The number of nitrogens with two attached hydrogens (primary N) is 1. The smallest absolute Gasteiger partial charge is 0.0940 e. The SMILES string of the molecule is NCCc1nc2ccccc2nc1-c1ccccc1Cl. The van der Waals surface area contributed by atoms with Crippen molar-refractivity contribution in [2.45, 2.75) is 6.42 Å². The maximum atomic E-state index is 6.28. The number of fused-ring (bicyclic) bond motifs is 1. The summed E-state index contributed by atoms with van der Waals surface area (Å²) in [5.41, 5.74) is 10.0. The van der Waals surface area contributed by atoms with Crippen LogP contribution in [0.3, 0.4) is 0 Å². The molecule has 0 aliphatic rings. The molecule has 0 amide bonds. The zero-order valence-electron chi connectivity index (χ0n) is 10.9. The van der Waals surface area contributed by atoms with Crippen molar-refractivity contribution in [1.82, 2.24) is 9.97 Å². The number of aromatic nitrogens is 2. The molecule has 3 nitrogen and oxygen atoms in total. The molecular weight excluding hydrogens is 270 g/mol. The van der Waals surface area contributed by atoms with Gasteiger partial charge in [-0.05, 0) is 24.7 Å². The Morgan fingerprint density at radius 2 is 1.55 bits per heavy atom. The van der Waals surface area contributed by atoms with E-state index in [1.165, 1.54) is 0 Å². The fourth-order valence-electron chi connectivity index (χ4n) is 2.22. The van der Waals surface area contributed by atoms with Crippen LogP contribution in [0.2, 0.25) is 5.02 Å². The average molecular weight is 284 g/mol. The molecule has 0 saturated carbocycles. The number of halogens is 1. The van der Waals surface area contributed by atoms with E-state index >= 15 is 0 Å². The second kappa shape index (κ2) is 5.57. The van der Waals surface area contributed by atoms with Crippen molar-refractivity contribution in [2.24, 2.45) is 5.73 Å². The number of rotatable bonds is 3. The van der Waals surface area contributed by atoms with Gasteiger partial charge in [0.15, 0.2) is 0 Å². The lowest BCUT2D eigenvalue weighted by Gasteiger charge is -2.10. The number of hydrogen-bond donors (Lipinski definition) is 1. The summed E-state index contributed by atoms with van der Waals surface area (Å²) in [4.78, 5) is 9.40. The van der Waals surface area contributed by atoms with Crippen LogP contribution in [0.15, 0.2) is 48.5 Å². The maximum Gasteiger partial charge on any atom is 0.0940 e. The van der Waals surface area contributed by atoms with Crippen LogP contribution in [0.5, 0.6) is 0 Å². The molecule has 0 fully saturated rings. The van der Waals surface area contributed by atoms with Crippen molar-refractivity contribution in [3.63, 3.8) is 0 Å². The Hall–Kier alpha value is -1.97. The molecular formula is C16H14ClN3. The van der Waals surface area contributed by atoms with Gasteiger partial charge in [-0.2, -0.15) is 0 Å². The Labute approximate surface area is 122 Å². The first-order valence-corrected chi connectivity index (χ1v) is 6.88. The Balaban J connectivity index is 2.27. The lowest BCUT2D eigenvalue weighted by atomic mass is 10.1. The molecule has 0 aliphatic carbocycles. The summed E-state index contributed by atoms with van der Waals surface area (Å²) in [7, 11) is 0. The monoisotopic (exact) mass is 283 g/mol. The Morgan fingerprint density at radius 3 is 2.25 bits per heavy atom. The molecule has 3 aromatic rings. The van der Waals surface area contributed by atoms with Crippen molar-refractivity contribution >= 4 is 22.6 Å². The van der Waals surface area contributed by atoms with Gasteiger partial charge in [-0.15, -0.1) is 0 Å². The van der Waals surface area contributed by atoms with E-state index in [2.05, 4.69) is 4.98 Å². The van der Waals surface area contributed by atoms with Crippen molar-refractivity contribution in [3.8, 4) is 11.3 Å². The average Bonchev–Trinajstić information content (AvgIpc) is 2.48. The Kier molecular flexibility index (Phi) is 3.63. The van der Waals surface area contributed by atoms with E-state index in [1.54, 1.807) is 0 Å². The number of nitrogens with zero attached hydrogens (tertiary/aromatic N) is 2. The predicted octanol–water partition coefficient (Wildman–Crippen LogP) is 3.45. The molecule has 0 atom stereocenters. The van der Waals surface area contributed by atoms with Crippen LogP contribution in [-0.2, 0) is 6.42 Å². The van der Waals surface area contributed by atoms with Gasteiger partial charge in [0.2, 0.25) is 0 Å². The van der Waals surface area contributed by atoms with E-state index in [9.17, 15) is 0 Å². The van der Waals surface area contributed by atoms with Crippen LogP contribution in [0.25, 0.3) is 22.3 Å². The third kappa shape index (κ3) is 2.38. The number of benzene rings is 2. The topological polar surface area (TPSA) is 51.8 Å². The van der Waals surface area contributed by atoms with Gasteiger partial charge < -0.3 is 5.73 Å². The van der Waals surface area contributed by atoms with E-state index < -0.39 is 0 Å². The zero-order chi connectivity index (χ0) is 13.9. The van der Waals surface area contributed by atoms with E-state index in [0.717, 1.165) is 28.0 Å². The molecule has 2 N–H and O–H groups in total. The molecule has 0 spiro atoms. The molecule has 4 heteroatoms. The minimum absolute atomic E-state index is 0.532. The lowest BCUT2D eigenvalue weighted by Crippen LogP contribution is -2.07. The van der Waals surface area contributed by atoms with Gasteiger partial charge in [0.05, 0.1) is 27.4 Å². The Morgan fingerprint density at radius 1 is 0.900 bits per heavy atom. The molecule has 100 valence electrons. The molecule has 2 aromatic carbocycles. The fourth-order valence-corrected chi connectivity index (χ4v) is 2.44. The summed E-state index contributed by atoms with van der Waals surface area (Å²) in [5.74, 6) is 0. The first kappa shape index (κ1) is 13.0. The maximum absolute atomic E-state index is 6.28. The third-order valence-electron chi connectivity index (χ3n) is 3.15. The standard InChI is InChI=1S/C16H14ClN3/c17-12-6-2-1-5-11(12)16-15(9-10-18)19-13-7-3-4-8-14(13)20-16/h1-8H,9-10,18H2. The zero-order valence-corrected chi connectivity index (χ0v) is 11.6. The normalized spacial score (nSPS) is 10.9. The minimum atomic E-state index is 0.532. The quantitative estimate of drug-likeness (QED) is 0.801. The molecule has 0 aliphatic heterocycles. The van der Waals surface area contributed by atoms with Gasteiger partial charge >= 0.3 is 0 Å². The molecule has 0 bridgehead atoms. The van der Waals surface area contributed by atoms with E-state index in [-0.39, 0.29) is 0 Å². The first-order chi connectivity index (χ1) is 9.79. The van der Waals surface area contributed by atoms with E-state index in [4.69, 9.17) is 22.3 Å². The second-order valence-corrected chi connectivity index (χ2v) is 4.93. The molecule has 1 heterocycles. The summed E-state index contributed by atoms with van der Waals surface area (Å²) in [6, 6.07) is 15.5. The van der Waals surface area contributed by atoms with Gasteiger partial charge in [0.25, 0.3) is 0 Å². The summed E-state index contributed by atoms with van der Waals surface area (Å²) in [6.45, 7) is 0.532. The van der Waals surface area contributed by atoms with Crippen molar-refractivity contribution in [2.75, 3.05) is 6.54 Å². The first-order valence-electron chi connectivity index (χ1n) is 6.50. The highest BCUT2D eigenvalue weighted by molar-refractivity contribution is 6.33. The minimum Gasteiger partial charge on any atom is -0.330 e. The van der Waals surface area contributed by atoms with Gasteiger partial charge in [-0.3, -0.25) is 0 Å². The van der Waals surface area contributed by atoms with Crippen LogP contribution in [0, 0.1) is 0 Å². The molecule has 0 unspecified atom stereocenters. The number of para-hydroxylation sites is 2. The third-order valence-corrected chi connectivity index (χ3v) is 3.48. The summed E-state index contributed by atoms with van der Waals surface area (Å²) in [5, 5.41) is 0.676. The summed E-state index contributed by atoms with van der Waals surface area (Å²) in [6.07, 6.45) is 0.679. The van der Waals surface area contributed by atoms with Crippen molar-refractivity contribution in [3.05, 3.63) is 59.2 Å². The summed E-state index contributed by atoms with van der Waals surface area (Å²) >= 11 is 6.28. The number of hydrogen-bond acceptors (Lipinski definition) is 3. The largest absolute Gasteiger partial charge is 0.330 e. The van der Waals surface area contributed by atoms with Gasteiger partial charge in [-0.25, -0.2) is 9.97 Å². The van der Waals surface area contributed by atoms with Crippen LogP contribution >= 0.6 is 11.6 Å². The lowest BCUT2D eigenvalue weighted by molar-refractivity contribution is 0.925. The van der Waals surface area contributed by atoms with Crippen LogP contribution in [0.4, 0.5) is 0 Å². The molecule has 20 heavy (non-hydrogen) atoms. The predicted molar refractivity (Wildman–Crippen MR) is 82.7 cm³/mol. The van der Waals surface area contributed by atoms with Crippen molar-refractivity contribution in [1.29, 1.82) is 0 Å². The van der Waals surface area contributed by atoms with Crippen LogP contribution < -0.4 is 5.73 Å². The van der Waals surface area contributed by atoms with Gasteiger partial charge in [0.1, 0.15) is 0 Å². The molecule has 0 radical (unpaired) electrons.